The van der Waals surface area contributed by atoms with Gasteiger partial charge in [0.2, 0.25) is 5.97 Å². The van der Waals surface area contributed by atoms with Crippen molar-refractivity contribution in [2.75, 3.05) is 109 Å². The van der Waals surface area contributed by atoms with E-state index in [1.54, 1.807) is 29.0 Å². The monoisotopic (exact) mass is 1620 g/mol. The second kappa shape index (κ2) is 41.6. The van der Waals surface area contributed by atoms with E-state index in [0.717, 1.165) is 174 Å². The van der Waals surface area contributed by atoms with Crippen LogP contribution < -0.4 is 50.2 Å². The van der Waals surface area contributed by atoms with Crippen LogP contribution in [0.5, 0.6) is 5.75 Å². The Labute approximate surface area is 684 Å². The van der Waals surface area contributed by atoms with Crippen LogP contribution in [0.3, 0.4) is 0 Å². The minimum atomic E-state index is -4.26. The molecule has 4 aliphatic heterocycles. The number of fused-ring (bicyclic) bond motifs is 4. The van der Waals surface area contributed by atoms with Gasteiger partial charge in [-0.3, -0.25) is 19.5 Å². The van der Waals surface area contributed by atoms with Crippen molar-refractivity contribution in [3.8, 4) is 17.9 Å². The third-order valence-corrected chi connectivity index (χ3v) is 20.6. The van der Waals surface area contributed by atoms with Crippen LogP contribution in [0.15, 0.2) is 61.2 Å². The summed E-state index contributed by atoms with van der Waals surface area (Å²) in [7, 11) is 5.98. The Morgan fingerprint density at radius 3 is 1.35 bits per heavy atom. The van der Waals surface area contributed by atoms with E-state index < -0.39 is 54.3 Å². The second-order valence-electron chi connectivity index (χ2n) is 29.3. The maximum atomic E-state index is 13.0. The SMILES string of the molecule is CC(=O)OOC(C)=O.COc1ccc2c(cc(C#N)n2CCN2CCN(C(=O)OC(C)(C)C)CC2)c1C.Cc1c(CN2CCC(Nc3ncnc4sc(CC(F)(F)F)cc34)CC2)ccc2c1cc(C#N)n2CCN1CCN(C(=O)OC(C)(C)C)CC1.FC(F)(F)Cc1cc2c(NC3CCNCC3)ncnc2s1.[B-]OC(C)=O.[Na+]. The number of thiophene rings is 2. The van der Waals surface area contributed by atoms with E-state index in [1.165, 1.54) is 30.7 Å². The van der Waals surface area contributed by atoms with Crippen LogP contribution in [0, 0.1) is 36.5 Å². The Bertz CT molecular complexity index is 4610. The number of amides is 2. The molecule has 3 radical (unpaired) electrons. The second-order valence-corrected chi connectivity index (χ2v) is 31.6. The summed E-state index contributed by atoms with van der Waals surface area (Å²) in [6.45, 7) is 32.0. The largest absolute Gasteiger partial charge is 1.00 e. The first kappa shape index (κ1) is 91.6. The molecule has 3 N–H and O–H groups in total. The predicted octanol–water partition coefficient (Wildman–Crippen LogP) is 9.57. The van der Waals surface area contributed by atoms with Gasteiger partial charge in [0.1, 0.15) is 74.4 Å². The first-order valence-corrected chi connectivity index (χ1v) is 38.3. The van der Waals surface area contributed by atoms with E-state index in [-0.39, 0.29) is 57.5 Å². The Morgan fingerprint density at radius 1 is 0.558 bits per heavy atom. The molecule has 0 unspecified atom stereocenters. The Balaban J connectivity index is 0.000000233. The smallest absolute Gasteiger partial charge is 0.793 e. The maximum absolute atomic E-state index is 13.0. The first-order valence-electron chi connectivity index (χ1n) is 36.7. The molecule has 37 heteroatoms. The number of rotatable bonds is 15. The van der Waals surface area contributed by atoms with Crippen molar-refractivity contribution in [1.29, 1.82) is 10.5 Å². The van der Waals surface area contributed by atoms with Crippen molar-refractivity contribution < 1.29 is 109 Å². The topological polar surface area (TPSA) is 302 Å². The van der Waals surface area contributed by atoms with Gasteiger partial charge in [-0.1, -0.05) is 6.07 Å². The van der Waals surface area contributed by atoms with Gasteiger partial charge in [0.25, 0.3) is 0 Å². The van der Waals surface area contributed by atoms with Gasteiger partial charge in [0.05, 0.1) is 30.7 Å². The molecule has 2 amide bonds. The molecule has 8 aromatic rings. The van der Waals surface area contributed by atoms with Crippen LogP contribution >= 0.6 is 22.7 Å². The summed E-state index contributed by atoms with van der Waals surface area (Å²) in [6, 6.07) is 20.5. The molecule has 0 bridgehead atoms. The summed E-state index contributed by atoms with van der Waals surface area (Å²) in [6.07, 6.45) is -4.32. The Hall–Kier alpha value is -8.59. The number of benzene rings is 2. The number of halogens is 6. The molecular formula is C76H97BF6N16NaO11S2. The summed E-state index contributed by atoms with van der Waals surface area (Å²) in [5.41, 5.74) is 5.86. The van der Waals surface area contributed by atoms with Crippen LogP contribution in [-0.4, -0.2) is 226 Å². The van der Waals surface area contributed by atoms with Crippen LogP contribution in [-0.2, 0) is 70.8 Å². The molecule has 4 aliphatic rings. The van der Waals surface area contributed by atoms with Crippen LogP contribution in [0.4, 0.5) is 47.6 Å². The van der Waals surface area contributed by atoms with Crippen LogP contribution in [0.1, 0.15) is 126 Å². The van der Waals surface area contributed by atoms with Crippen molar-refractivity contribution in [3.05, 3.63) is 99.0 Å². The zero-order chi connectivity index (χ0) is 81.8. The molecule has 6 aromatic heterocycles. The fraction of sp³-hybridized carbons (Fsp3) is 0.539. The molecule has 0 saturated carbocycles. The van der Waals surface area contributed by atoms with E-state index >= 15 is 0 Å². The number of nitriles is 2. The zero-order valence-corrected chi connectivity index (χ0v) is 69.8. The van der Waals surface area contributed by atoms with E-state index in [4.69, 9.17) is 14.2 Å². The maximum Gasteiger partial charge on any atom is 1.00 e. The number of alkyl halides is 6. The summed E-state index contributed by atoms with van der Waals surface area (Å²) in [5.74, 6) is 0.315. The fourth-order valence-corrected chi connectivity index (χ4v) is 15.1. The number of hydrogen-bond acceptors (Lipinski definition) is 25. The predicted molar refractivity (Wildman–Crippen MR) is 415 cm³/mol. The molecule has 0 spiro atoms. The third-order valence-electron chi connectivity index (χ3n) is 18.5. The number of aryl methyl sites for hydroxylation is 2. The number of carbonyl (C=O) groups is 5. The van der Waals surface area contributed by atoms with Crippen LogP contribution in [0.25, 0.3) is 42.2 Å². The molecule has 113 heavy (non-hydrogen) atoms. The number of hydrogen-bond donors (Lipinski definition) is 3. The first-order chi connectivity index (χ1) is 52.9. The quantitative estimate of drug-likeness (QED) is 0.0372. The standard InChI is InChI=1S/C35H43F3N8O2S.C22H30N4O3.C13H15F3N4S.C4H6O4.C2H3BO2.Na/c1-23-24(21-44-9-7-25(8-10-44)42-31-29-18-27(19-35(36,37)38)49-32(29)41-22-40-31)5-6-30-28(23)17-26(20-39)46(30)16-13-43-11-14-45(15-12-43)33(47)48-34(2,3)4;1-16-18-14-17(15-23)26(19(18)6-7-20(16)28-5)13-10-24-8-11-25(12-9-24)21(27)29-22(2,3)4;14-13(15,16)6-9-5-10-11(18-7-19-12(10)21-9)20-8-1-3-17-4-2-8;1-3(5)7-8-4(2)6;1-2(4)5-3;/h5-6,17-18,22,25H,7-16,19,21H2,1-4H3,(H,40,41,42);6-7,14H,8-13H2,1-5H3;5,7-8,17H,1-4,6H2,(H,18,19,20);1-2H3;1H3;/q;;;;-1;+1. The van der Waals surface area contributed by atoms with E-state index in [0.29, 0.717) is 82.2 Å². The van der Waals surface area contributed by atoms with Crippen molar-refractivity contribution in [1.82, 2.24) is 58.9 Å². The number of ether oxygens (including phenoxy) is 3. The zero-order valence-electron chi connectivity index (χ0n) is 66.2. The van der Waals surface area contributed by atoms with Crippen molar-refractivity contribution >= 4 is 115 Å². The molecule has 10 heterocycles. The normalized spacial score (nSPS) is 15.4. The molecule has 0 aliphatic carbocycles. The summed E-state index contributed by atoms with van der Waals surface area (Å²) < 4.78 is 101. The molecule has 0 atom stereocenters. The van der Waals surface area contributed by atoms with Gasteiger partial charge in [-0.25, -0.2) is 48.9 Å². The molecule has 4 saturated heterocycles. The number of anilines is 2. The molecule has 12 rings (SSSR count). The molecular weight excluding hydrogens is 1520 g/mol. The molecule has 27 nitrogen and oxygen atoms in total. The molecule has 4 fully saturated rings. The van der Waals surface area contributed by atoms with Gasteiger partial charge >= 0.3 is 66.0 Å². The minimum absolute atomic E-state index is 0. The number of aromatic nitrogens is 6. The van der Waals surface area contributed by atoms with Gasteiger partial charge in [-0.15, -0.1) is 22.7 Å². The van der Waals surface area contributed by atoms with Gasteiger partial charge in [0.15, 0.2) is 0 Å². The van der Waals surface area contributed by atoms with Gasteiger partial charge in [-0.2, -0.15) is 36.9 Å². The van der Waals surface area contributed by atoms with E-state index in [2.05, 4.69) is 113 Å². The van der Waals surface area contributed by atoms with Crippen molar-refractivity contribution in [2.45, 2.75) is 170 Å². The van der Waals surface area contributed by atoms with Crippen molar-refractivity contribution in [3.63, 3.8) is 0 Å². The summed E-state index contributed by atoms with van der Waals surface area (Å²) in [4.78, 5) is 90.5. The number of likely N-dealkylation sites (tertiary alicyclic amines) is 1. The number of carbonyl (C=O) groups excluding carboxylic acids is 5. The molecule has 2 aromatic carbocycles. The van der Waals surface area contributed by atoms with Gasteiger partial charge in [0, 0.05) is 168 Å². The number of nitrogens with one attached hydrogen (secondary N) is 3. The van der Waals surface area contributed by atoms with E-state index in [1.807, 2.05) is 72.7 Å². The van der Waals surface area contributed by atoms with Crippen LogP contribution in [0.2, 0.25) is 0 Å². The molecule has 605 valence electrons. The number of methoxy groups -OCH3 is 1. The third kappa shape index (κ3) is 28.1. The number of piperazine rings is 2. The average Bonchev–Trinajstić information content (AvgIpc) is 1.66. The number of nitrogens with zero attached hydrogens (tertiary/aromatic N) is 13. The fourth-order valence-electron chi connectivity index (χ4n) is 13.0. The number of piperidine rings is 2. The van der Waals surface area contributed by atoms with Gasteiger partial charge < -0.3 is 61.8 Å². The summed E-state index contributed by atoms with van der Waals surface area (Å²) >= 11 is 2.14. The van der Waals surface area contributed by atoms with E-state index in [9.17, 15) is 60.8 Å². The van der Waals surface area contributed by atoms with Crippen molar-refractivity contribution in [2.24, 2.45) is 0 Å². The van der Waals surface area contributed by atoms with Gasteiger partial charge in [-0.05, 0) is 148 Å². The Kier molecular flexibility index (Phi) is 33.7. The average molecular weight is 1620 g/mol. The minimum Gasteiger partial charge on any atom is -0.793 e. The Morgan fingerprint density at radius 2 is 0.965 bits per heavy atom. The summed E-state index contributed by atoms with van der Waals surface area (Å²) in [5, 5.41) is 33.1.